The predicted octanol–water partition coefficient (Wildman–Crippen LogP) is 0.937. The number of pyridine rings is 1. The lowest BCUT2D eigenvalue weighted by Gasteiger charge is -2.33. The van der Waals surface area contributed by atoms with E-state index in [9.17, 15) is 5.11 Å². The number of aliphatic hydroxyl groups excluding tert-OH is 1. The summed E-state index contributed by atoms with van der Waals surface area (Å²) in [6.45, 7) is 1.97. The molecular formula is C12H18N2O. The molecule has 1 N–H and O–H groups in total. The van der Waals surface area contributed by atoms with E-state index in [0.717, 1.165) is 31.6 Å². The van der Waals surface area contributed by atoms with Crippen LogP contribution in [0.3, 0.4) is 0 Å². The highest BCUT2D eigenvalue weighted by atomic mass is 16.3. The van der Waals surface area contributed by atoms with Crippen molar-refractivity contribution in [3.05, 3.63) is 30.1 Å². The van der Waals surface area contributed by atoms with Crippen LogP contribution in [0.25, 0.3) is 0 Å². The summed E-state index contributed by atoms with van der Waals surface area (Å²) in [6, 6.07) is 5.95. The van der Waals surface area contributed by atoms with Gasteiger partial charge in [0.15, 0.2) is 0 Å². The highest BCUT2D eigenvalue weighted by Gasteiger charge is 2.26. The Hall–Kier alpha value is -0.930. The predicted molar refractivity (Wildman–Crippen MR) is 59.6 cm³/mol. The number of aromatic nitrogens is 1. The van der Waals surface area contributed by atoms with E-state index in [2.05, 4.69) is 16.9 Å². The molecule has 0 aliphatic carbocycles. The van der Waals surface area contributed by atoms with Crippen molar-refractivity contribution in [1.29, 1.82) is 0 Å². The first-order chi connectivity index (χ1) is 7.25. The molecule has 82 valence electrons. The van der Waals surface area contributed by atoms with Gasteiger partial charge in [0, 0.05) is 30.9 Å². The fraction of sp³-hybridized carbons (Fsp3) is 0.583. The van der Waals surface area contributed by atoms with E-state index in [1.165, 1.54) is 0 Å². The van der Waals surface area contributed by atoms with E-state index in [-0.39, 0.29) is 6.10 Å². The van der Waals surface area contributed by atoms with Crippen LogP contribution in [0.15, 0.2) is 24.4 Å². The summed E-state index contributed by atoms with van der Waals surface area (Å²) in [5, 5.41) is 9.89. The van der Waals surface area contributed by atoms with Crippen LogP contribution in [0.4, 0.5) is 0 Å². The van der Waals surface area contributed by atoms with Gasteiger partial charge < -0.3 is 10.0 Å². The number of piperidine rings is 1. The van der Waals surface area contributed by atoms with E-state index in [1.807, 2.05) is 24.4 Å². The third-order valence-corrected chi connectivity index (χ3v) is 3.09. The van der Waals surface area contributed by atoms with Gasteiger partial charge in [-0.1, -0.05) is 6.07 Å². The Morgan fingerprint density at radius 1 is 1.53 bits per heavy atom. The van der Waals surface area contributed by atoms with Gasteiger partial charge in [-0.3, -0.25) is 4.98 Å². The Morgan fingerprint density at radius 3 is 3.13 bits per heavy atom. The van der Waals surface area contributed by atoms with Gasteiger partial charge in [-0.15, -0.1) is 0 Å². The Morgan fingerprint density at radius 2 is 2.40 bits per heavy atom. The molecular weight excluding hydrogens is 188 g/mol. The summed E-state index contributed by atoms with van der Waals surface area (Å²) < 4.78 is 0. The average molecular weight is 206 g/mol. The molecule has 2 rings (SSSR count). The Balaban J connectivity index is 1.98. The maximum atomic E-state index is 9.89. The minimum atomic E-state index is -0.164. The van der Waals surface area contributed by atoms with Gasteiger partial charge in [-0.2, -0.15) is 0 Å². The molecule has 0 saturated carbocycles. The van der Waals surface area contributed by atoms with Crippen LogP contribution < -0.4 is 0 Å². The first-order valence-electron chi connectivity index (χ1n) is 5.52. The first kappa shape index (κ1) is 10.6. The Kier molecular flexibility index (Phi) is 3.34. The zero-order valence-corrected chi connectivity index (χ0v) is 9.13. The van der Waals surface area contributed by atoms with Gasteiger partial charge >= 0.3 is 0 Å². The molecule has 1 aliphatic rings. The van der Waals surface area contributed by atoms with Gasteiger partial charge in [0.05, 0.1) is 6.10 Å². The van der Waals surface area contributed by atoms with Crippen molar-refractivity contribution >= 4 is 0 Å². The largest absolute Gasteiger partial charge is 0.393 e. The van der Waals surface area contributed by atoms with Crippen molar-refractivity contribution in [1.82, 2.24) is 9.88 Å². The highest BCUT2D eigenvalue weighted by molar-refractivity contribution is 5.05. The summed E-state index contributed by atoms with van der Waals surface area (Å²) in [5.41, 5.74) is 1.08. The van der Waals surface area contributed by atoms with E-state index in [0.29, 0.717) is 5.92 Å². The molecule has 1 fully saturated rings. The Bertz CT molecular complexity index is 302. The number of hydrogen-bond acceptors (Lipinski definition) is 3. The summed E-state index contributed by atoms with van der Waals surface area (Å²) in [6.07, 6.45) is 3.41. The van der Waals surface area contributed by atoms with Crippen molar-refractivity contribution in [2.45, 2.75) is 18.9 Å². The smallest absolute Gasteiger partial charge is 0.0596 e. The molecule has 0 radical (unpaired) electrons. The summed E-state index contributed by atoms with van der Waals surface area (Å²) in [5.74, 6) is 0.332. The third-order valence-electron chi connectivity index (χ3n) is 3.09. The van der Waals surface area contributed by atoms with Crippen LogP contribution in [0.5, 0.6) is 0 Å². The molecule has 2 atom stereocenters. The molecule has 1 aromatic heterocycles. The van der Waals surface area contributed by atoms with Crippen LogP contribution in [-0.4, -0.2) is 41.2 Å². The average Bonchev–Trinajstić information content (AvgIpc) is 2.25. The van der Waals surface area contributed by atoms with Gasteiger partial charge in [0.2, 0.25) is 0 Å². The van der Waals surface area contributed by atoms with Crippen molar-refractivity contribution in [3.8, 4) is 0 Å². The van der Waals surface area contributed by atoms with E-state index in [4.69, 9.17) is 0 Å². The van der Waals surface area contributed by atoms with Gasteiger partial charge in [0.25, 0.3) is 0 Å². The number of likely N-dealkylation sites (tertiary alicyclic amines) is 1. The van der Waals surface area contributed by atoms with E-state index < -0.39 is 0 Å². The molecule has 3 nitrogen and oxygen atoms in total. The lowest BCUT2D eigenvalue weighted by molar-refractivity contribution is 0.0362. The second-order valence-electron chi connectivity index (χ2n) is 4.40. The summed E-state index contributed by atoms with van der Waals surface area (Å²) >= 11 is 0. The molecule has 2 heterocycles. The van der Waals surface area contributed by atoms with Crippen molar-refractivity contribution in [2.75, 3.05) is 20.1 Å². The second kappa shape index (κ2) is 4.73. The monoisotopic (exact) mass is 206 g/mol. The van der Waals surface area contributed by atoms with Gasteiger partial charge in [-0.05, 0) is 32.0 Å². The number of hydrogen-bond donors (Lipinski definition) is 1. The zero-order chi connectivity index (χ0) is 10.7. The van der Waals surface area contributed by atoms with Gasteiger partial charge in [-0.25, -0.2) is 0 Å². The molecule has 0 aromatic carbocycles. The lowest BCUT2D eigenvalue weighted by atomic mass is 9.90. The fourth-order valence-electron chi connectivity index (χ4n) is 2.19. The standard InChI is InChI=1S/C12H18N2O/c1-14-7-5-12(15)10(9-14)8-11-4-2-3-6-13-11/h2-4,6,10,12,15H,5,7-9H2,1H3. The van der Waals surface area contributed by atoms with Crippen molar-refractivity contribution in [3.63, 3.8) is 0 Å². The van der Waals surface area contributed by atoms with Crippen LogP contribution in [0.2, 0.25) is 0 Å². The number of rotatable bonds is 2. The molecule has 0 bridgehead atoms. The van der Waals surface area contributed by atoms with Crippen molar-refractivity contribution < 1.29 is 5.11 Å². The summed E-state index contributed by atoms with van der Waals surface area (Å²) in [7, 11) is 2.11. The van der Waals surface area contributed by atoms with Crippen LogP contribution in [0, 0.1) is 5.92 Å². The Labute approximate surface area is 90.8 Å². The second-order valence-corrected chi connectivity index (χ2v) is 4.40. The maximum absolute atomic E-state index is 9.89. The minimum absolute atomic E-state index is 0.164. The van der Waals surface area contributed by atoms with E-state index >= 15 is 0 Å². The zero-order valence-electron chi connectivity index (χ0n) is 9.13. The maximum Gasteiger partial charge on any atom is 0.0596 e. The molecule has 2 unspecified atom stereocenters. The first-order valence-corrected chi connectivity index (χ1v) is 5.52. The third kappa shape index (κ3) is 2.76. The molecule has 0 spiro atoms. The number of nitrogens with zero attached hydrogens (tertiary/aromatic N) is 2. The molecule has 1 saturated heterocycles. The molecule has 1 aliphatic heterocycles. The fourth-order valence-corrected chi connectivity index (χ4v) is 2.19. The van der Waals surface area contributed by atoms with Crippen LogP contribution in [0.1, 0.15) is 12.1 Å². The molecule has 1 aromatic rings. The SMILES string of the molecule is CN1CCC(O)C(Cc2ccccn2)C1. The topological polar surface area (TPSA) is 36.4 Å². The highest BCUT2D eigenvalue weighted by Crippen LogP contribution is 2.19. The molecule has 15 heavy (non-hydrogen) atoms. The quantitative estimate of drug-likeness (QED) is 0.782. The normalized spacial score (nSPS) is 27.9. The molecule has 0 amide bonds. The van der Waals surface area contributed by atoms with Crippen LogP contribution in [-0.2, 0) is 6.42 Å². The van der Waals surface area contributed by atoms with E-state index in [1.54, 1.807) is 0 Å². The summed E-state index contributed by atoms with van der Waals surface area (Å²) in [4.78, 5) is 6.58. The number of aliphatic hydroxyl groups is 1. The van der Waals surface area contributed by atoms with Crippen molar-refractivity contribution in [2.24, 2.45) is 5.92 Å². The lowest BCUT2D eigenvalue weighted by Crippen LogP contribution is -2.42. The minimum Gasteiger partial charge on any atom is -0.393 e. The van der Waals surface area contributed by atoms with Crippen LogP contribution >= 0.6 is 0 Å². The van der Waals surface area contributed by atoms with Gasteiger partial charge in [0.1, 0.15) is 0 Å². The molecule has 3 heteroatoms.